The molecule has 0 spiro atoms. The van der Waals surface area contributed by atoms with Crippen molar-refractivity contribution in [3.63, 3.8) is 0 Å². The molecule has 0 aliphatic carbocycles. The number of hydrogen-bond donors (Lipinski definition) is 1. The summed E-state index contributed by atoms with van der Waals surface area (Å²) in [6.07, 6.45) is 0.696. The van der Waals surface area contributed by atoms with Gasteiger partial charge in [0.25, 0.3) is 0 Å². The van der Waals surface area contributed by atoms with Gasteiger partial charge in [0.05, 0.1) is 20.3 Å². The Morgan fingerprint density at radius 3 is 2.75 bits per heavy atom. The molecule has 0 heterocycles. The Kier molecular flexibility index (Phi) is 5.24. The smallest absolute Gasteiger partial charge is 0.161 e. The van der Waals surface area contributed by atoms with Gasteiger partial charge in [-0.1, -0.05) is 6.07 Å². The molecule has 0 saturated carbocycles. The molecule has 0 saturated heterocycles. The fourth-order valence-electron chi connectivity index (χ4n) is 1.27. The zero-order valence-electron chi connectivity index (χ0n) is 9.62. The molecule has 0 amide bonds. The van der Waals surface area contributed by atoms with Crippen LogP contribution in [-0.2, 0) is 6.61 Å². The van der Waals surface area contributed by atoms with Gasteiger partial charge in [-0.25, -0.2) is 0 Å². The lowest BCUT2D eigenvalue weighted by molar-refractivity contribution is 0.278. The first kappa shape index (κ1) is 12.4. The molecule has 0 radical (unpaired) electrons. The molecule has 3 heteroatoms. The van der Waals surface area contributed by atoms with E-state index in [0.717, 1.165) is 5.56 Å². The van der Waals surface area contributed by atoms with Crippen molar-refractivity contribution in [3.8, 4) is 23.3 Å². The van der Waals surface area contributed by atoms with Crippen molar-refractivity contribution >= 4 is 0 Å². The van der Waals surface area contributed by atoms with Crippen molar-refractivity contribution in [2.45, 2.75) is 20.0 Å². The highest BCUT2D eigenvalue weighted by Crippen LogP contribution is 2.28. The summed E-state index contributed by atoms with van der Waals surface area (Å²) in [5.41, 5.74) is 0.803. The van der Waals surface area contributed by atoms with Crippen LogP contribution in [0.5, 0.6) is 11.5 Å². The van der Waals surface area contributed by atoms with Gasteiger partial charge in [-0.05, 0) is 24.6 Å². The molecule has 3 nitrogen and oxygen atoms in total. The second kappa shape index (κ2) is 6.76. The molecule has 0 unspecified atom stereocenters. The molecule has 0 bridgehead atoms. The standard InChI is InChI=1S/C13H16O3/c1-3-4-5-8-16-12-7-6-11(10-14)9-13(12)15-2/h6-7,9,14H,5,8,10H2,1-2H3. The van der Waals surface area contributed by atoms with Gasteiger partial charge in [-0.15, -0.1) is 11.8 Å². The third kappa shape index (κ3) is 3.48. The molecule has 0 aliphatic heterocycles. The zero-order chi connectivity index (χ0) is 11.8. The van der Waals surface area contributed by atoms with E-state index < -0.39 is 0 Å². The Hall–Kier alpha value is -1.66. The van der Waals surface area contributed by atoms with Crippen LogP contribution in [0.15, 0.2) is 18.2 Å². The first-order valence-electron chi connectivity index (χ1n) is 5.12. The third-order valence-corrected chi connectivity index (χ3v) is 2.07. The molecular formula is C13H16O3. The molecular weight excluding hydrogens is 204 g/mol. The Labute approximate surface area is 96.0 Å². The summed E-state index contributed by atoms with van der Waals surface area (Å²) in [4.78, 5) is 0. The van der Waals surface area contributed by atoms with Gasteiger partial charge in [0.15, 0.2) is 11.5 Å². The van der Waals surface area contributed by atoms with E-state index in [1.54, 1.807) is 26.2 Å². The number of hydrogen-bond acceptors (Lipinski definition) is 3. The maximum Gasteiger partial charge on any atom is 0.161 e. The van der Waals surface area contributed by atoms with E-state index in [-0.39, 0.29) is 6.61 Å². The number of methoxy groups -OCH3 is 1. The summed E-state index contributed by atoms with van der Waals surface area (Å²) >= 11 is 0. The van der Waals surface area contributed by atoms with Crippen LogP contribution < -0.4 is 9.47 Å². The maximum atomic E-state index is 8.98. The van der Waals surface area contributed by atoms with Gasteiger partial charge < -0.3 is 14.6 Å². The summed E-state index contributed by atoms with van der Waals surface area (Å²) in [7, 11) is 1.58. The molecule has 0 atom stereocenters. The minimum absolute atomic E-state index is 0.00203. The van der Waals surface area contributed by atoms with Crippen LogP contribution in [0.2, 0.25) is 0 Å². The average molecular weight is 220 g/mol. The fraction of sp³-hybridized carbons (Fsp3) is 0.385. The average Bonchev–Trinajstić information content (AvgIpc) is 2.34. The second-order valence-electron chi connectivity index (χ2n) is 3.17. The van der Waals surface area contributed by atoms with Gasteiger partial charge in [0.2, 0.25) is 0 Å². The van der Waals surface area contributed by atoms with Gasteiger partial charge in [-0.3, -0.25) is 0 Å². The predicted molar refractivity (Wildman–Crippen MR) is 62.5 cm³/mol. The van der Waals surface area contributed by atoms with Crippen molar-refractivity contribution in [2.75, 3.05) is 13.7 Å². The molecule has 0 aromatic heterocycles. The molecule has 86 valence electrons. The second-order valence-corrected chi connectivity index (χ2v) is 3.17. The van der Waals surface area contributed by atoms with E-state index in [1.807, 2.05) is 6.07 Å². The Morgan fingerprint density at radius 2 is 2.12 bits per heavy atom. The predicted octanol–water partition coefficient (Wildman–Crippen LogP) is 1.98. The van der Waals surface area contributed by atoms with Crippen LogP contribution in [0.3, 0.4) is 0 Å². The van der Waals surface area contributed by atoms with Gasteiger partial charge in [0, 0.05) is 6.42 Å². The zero-order valence-corrected chi connectivity index (χ0v) is 9.62. The summed E-state index contributed by atoms with van der Waals surface area (Å²) < 4.78 is 10.7. The van der Waals surface area contributed by atoms with Gasteiger partial charge >= 0.3 is 0 Å². The largest absolute Gasteiger partial charge is 0.493 e. The van der Waals surface area contributed by atoms with E-state index in [0.29, 0.717) is 24.5 Å². The quantitative estimate of drug-likeness (QED) is 0.609. The number of aliphatic hydroxyl groups is 1. The molecule has 1 aromatic carbocycles. The van der Waals surface area contributed by atoms with E-state index in [4.69, 9.17) is 14.6 Å². The first-order chi connectivity index (χ1) is 7.81. The minimum Gasteiger partial charge on any atom is -0.493 e. The van der Waals surface area contributed by atoms with E-state index in [2.05, 4.69) is 11.8 Å². The summed E-state index contributed by atoms with van der Waals surface area (Å²) in [6, 6.07) is 5.37. The molecule has 1 N–H and O–H groups in total. The molecule has 1 rings (SSSR count). The van der Waals surface area contributed by atoms with Crippen LogP contribution in [0.1, 0.15) is 18.9 Å². The van der Waals surface area contributed by atoms with Gasteiger partial charge in [0.1, 0.15) is 0 Å². The summed E-state index contributed by atoms with van der Waals surface area (Å²) in [5.74, 6) is 7.04. The molecule has 0 aliphatic rings. The summed E-state index contributed by atoms with van der Waals surface area (Å²) in [5, 5.41) is 8.98. The topological polar surface area (TPSA) is 38.7 Å². The summed E-state index contributed by atoms with van der Waals surface area (Å²) in [6.45, 7) is 2.34. The number of ether oxygens (including phenoxy) is 2. The van der Waals surface area contributed by atoms with Crippen LogP contribution in [0.4, 0.5) is 0 Å². The lowest BCUT2D eigenvalue weighted by Gasteiger charge is -2.10. The lowest BCUT2D eigenvalue weighted by Crippen LogP contribution is -1.99. The molecule has 16 heavy (non-hydrogen) atoms. The molecule has 0 fully saturated rings. The van der Waals surface area contributed by atoms with Crippen molar-refractivity contribution in [1.82, 2.24) is 0 Å². The van der Waals surface area contributed by atoms with Crippen molar-refractivity contribution < 1.29 is 14.6 Å². The van der Waals surface area contributed by atoms with Crippen molar-refractivity contribution in [3.05, 3.63) is 23.8 Å². The van der Waals surface area contributed by atoms with Crippen LogP contribution in [-0.4, -0.2) is 18.8 Å². The first-order valence-corrected chi connectivity index (χ1v) is 5.12. The van der Waals surface area contributed by atoms with Crippen LogP contribution in [0.25, 0.3) is 0 Å². The Morgan fingerprint density at radius 1 is 1.31 bits per heavy atom. The highest BCUT2D eigenvalue weighted by atomic mass is 16.5. The minimum atomic E-state index is -0.00203. The van der Waals surface area contributed by atoms with Crippen molar-refractivity contribution in [1.29, 1.82) is 0 Å². The Bertz CT molecular complexity index is 388. The highest BCUT2D eigenvalue weighted by molar-refractivity contribution is 5.42. The van der Waals surface area contributed by atoms with E-state index in [9.17, 15) is 0 Å². The Balaban J connectivity index is 2.66. The van der Waals surface area contributed by atoms with E-state index in [1.165, 1.54) is 0 Å². The number of rotatable bonds is 5. The van der Waals surface area contributed by atoms with E-state index >= 15 is 0 Å². The molecule has 1 aromatic rings. The SMILES string of the molecule is CC#CCCOc1ccc(CO)cc1OC. The highest BCUT2D eigenvalue weighted by Gasteiger charge is 2.04. The monoisotopic (exact) mass is 220 g/mol. The normalized spacial score (nSPS) is 9.19. The maximum absolute atomic E-state index is 8.98. The fourth-order valence-corrected chi connectivity index (χ4v) is 1.27. The van der Waals surface area contributed by atoms with Crippen LogP contribution in [0, 0.1) is 11.8 Å². The number of aliphatic hydroxyl groups excluding tert-OH is 1. The van der Waals surface area contributed by atoms with Crippen LogP contribution >= 0.6 is 0 Å². The van der Waals surface area contributed by atoms with Crippen molar-refractivity contribution in [2.24, 2.45) is 0 Å². The number of benzene rings is 1. The third-order valence-electron chi connectivity index (χ3n) is 2.07. The van der Waals surface area contributed by atoms with Gasteiger partial charge in [-0.2, -0.15) is 0 Å². The lowest BCUT2D eigenvalue weighted by atomic mass is 10.2.